The van der Waals surface area contributed by atoms with Crippen LogP contribution in [0, 0.1) is 0 Å². The molecule has 0 saturated heterocycles. The molecule has 0 aromatic carbocycles. The number of carbonyl (C=O) groups excluding carboxylic acids is 1. The smallest absolute Gasteiger partial charge is 0.246 e. The Bertz CT molecular complexity index is 1100. The van der Waals surface area contributed by atoms with Gasteiger partial charge in [-0.3, -0.25) is 14.2 Å². The molecule has 1 saturated carbocycles. The third-order valence-electron chi connectivity index (χ3n) is 5.87. The maximum Gasteiger partial charge on any atom is 0.246 e. The minimum absolute atomic E-state index is 0.0638. The number of pyridine rings is 2. The molecule has 3 aromatic heterocycles. The van der Waals surface area contributed by atoms with Crippen LogP contribution in [0.2, 0.25) is 5.15 Å². The summed E-state index contributed by atoms with van der Waals surface area (Å²) < 4.78 is 14.8. The van der Waals surface area contributed by atoms with Gasteiger partial charge in [0, 0.05) is 24.5 Å². The predicted octanol–water partition coefficient (Wildman–Crippen LogP) is 4.35. The Morgan fingerprint density at radius 2 is 2.03 bits per heavy atom. The van der Waals surface area contributed by atoms with Crippen molar-refractivity contribution in [3.8, 4) is 0 Å². The van der Waals surface area contributed by atoms with E-state index >= 15 is 0 Å². The Kier molecular flexibility index (Phi) is 5.06. The summed E-state index contributed by atoms with van der Waals surface area (Å²) in [7, 11) is 0. The summed E-state index contributed by atoms with van der Waals surface area (Å²) in [5.74, 6) is 0.0638. The molecule has 30 heavy (non-hydrogen) atoms. The lowest BCUT2D eigenvalue weighted by Crippen LogP contribution is -2.46. The lowest BCUT2D eigenvalue weighted by Gasteiger charge is -2.37. The molecule has 0 atom stereocenters. The first-order valence-electron chi connectivity index (χ1n) is 10.4. The number of anilines is 2. The SMILES string of the molecule is O=C1CN(C2CC2)c2ccncc2N1Cc1cc2nc(Cl)ccc2n1CCCCF. The summed E-state index contributed by atoms with van der Waals surface area (Å²) in [6, 6.07) is 8.12. The van der Waals surface area contributed by atoms with E-state index in [1.54, 1.807) is 18.5 Å². The first kappa shape index (κ1) is 19.3. The number of nitrogens with zero attached hydrogens (tertiary/aromatic N) is 5. The second-order valence-electron chi connectivity index (χ2n) is 7.93. The van der Waals surface area contributed by atoms with Gasteiger partial charge in [0.05, 0.1) is 48.4 Å². The van der Waals surface area contributed by atoms with Gasteiger partial charge >= 0.3 is 0 Å². The fourth-order valence-electron chi connectivity index (χ4n) is 4.25. The fourth-order valence-corrected chi connectivity index (χ4v) is 4.41. The van der Waals surface area contributed by atoms with Crippen LogP contribution in [0.25, 0.3) is 11.0 Å². The summed E-state index contributed by atoms with van der Waals surface area (Å²) in [4.78, 5) is 25.8. The Labute approximate surface area is 179 Å². The lowest BCUT2D eigenvalue weighted by molar-refractivity contribution is -0.117. The summed E-state index contributed by atoms with van der Waals surface area (Å²) in [6.07, 6.45) is 7.03. The molecule has 1 amide bonds. The van der Waals surface area contributed by atoms with Crippen molar-refractivity contribution in [1.29, 1.82) is 0 Å². The van der Waals surface area contributed by atoms with Crippen LogP contribution in [0.1, 0.15) is 31.4 Å². The van der Waals surface area contributed by atoms with Gasteiger partial charge in [-0.2, -0.15) is 0 Å². The number of carbonyl (C=O) groups is 1. The molecule has 6 nitrogen and oxygen atoms in total. The number of amides is 1. The van der Waals surface area contributed by atoms with Crippen LogP contribution in [0.5, 0.6) is 0 Å². The summed E-state index contributed by atoms with van der Waals surface area (Å²) in [6.45, 7) is 1.13. The predicted molar refractivity (Wildman–Crippen MR) is 116 cm³/mol. The number of unbranched alkanes of at least 4 members (excludes halogenated alkanes) is 1. The second-order valence-corrected chi connectivity index (χ2v) is 8.31. The highest BCUT2D eigenvalue weighted by Gasteiger charge is 2.38. The van der Waals surface area contributed by atoms with Crippen molar-refractivity contribution in [2.75, 3.05) is 23.0 Å². The normalized spacial score (nSPS) is 16.4. The van der Waals surface area contributed by atoms with E-state index in [-0.39, 0.29) is 12.6 Å². The average Bonchev–Trinajstić information content (AvgIpc) is 3.53. The Hall–Kier alpha value is -2.67. The van der Waals surface area contributed by atoms with E-state index in [2.05, 4.69) is 19.4 Å². The molecule has 3 aromatic rings. The molecule has 0 radical (unpaired) electrons. The molecular weight excluding hydrogens is 405 g/mol. The lowest BCUT2D eigenvalue weighted by atomic mass is 10.2. The van der Waals surface area contributed by atoms with Crippen LogP contribution in [0.15, 0.2) is 36.7 Å². The van der Waals surface area contributed by atoms with E-state index in [4.69, 9.17) is 11.6 Å². The number of aryl methyl sites for hydroxylation is 1. The van der Waals surface area contributed by atoms with Gasteiger partial charge in [-0.1, -0.05) is 11.6 Å². The zero-order valence-electron chi connectivity index (χ0n) is 16.6. The number of fused-ring (bicyclic) bond motifs is 2. The number of hydrogen-bond acceptors (Lipinski definition) is 4. The number of aromatic nitrogens is 3. The van der Waals surface area contributed by atoms with Gasteiger partial charge in [-0.05, 0) is 49.9 Å². The van der Waals surface area contributed by atoms with Crippen LogP contribution < -0.4 is 9.80 Å². The molecule has 8 heteroatoms. The molecular formula is C22H23ClFN5O. The zero-order valence-corrected chi connectivity index (χ0v) is 17.4. The van der Waals surface area contributed by atoms with Crippen molar-refractivity contribution in [3.63, 3.8) is 0 Å². The fraction of sp³-hybridized carbons (Fsp3) is 0.409. The van der Waals surface area contributed by atoms with Gasteiger partial charge in [0.25, 0.3) is 0 Å². The number of alkyl halides is 1. The van der Waals surface area contributed by atoms with Crippen LogP contribution in [-0.2, 0) is 17.9 Å². The van der Waals surface area contributed by atoms with E-state index in [1.165, 1.54) is 0 Å². The molecule has 0 unspecified atom stereocenters. The molecule has 2 aliphatic rings. The third-order valence-corrected chi connectivity index (χ3v) is 6.08. The van der Waals surface area contributed by atoms with Crippen molar-refractivity contribution in [3.05, 3.63) is 47.5 Å². The Morgan fingerprint density at radius 3 is 2.83 bits per heavy atom. The second kappa shape index (κ2) is 7.87. The minimum Gasteiger partial charge on any atom is -0.357 e. The quantitative estimate of drug-likeness (QED) is 0.415. The van der Waals surface area contributed by atoms with Crippen LogP contribution in [0.3, 0.4) is 0 Å². The van der Waals surface area contributed by atoms with E-state index in [1.807, 2.05) is 23.1 Å². The highest BCUT2D eigenvalue weighted by molar-refractivity contribution is 6.29. The van der Waals surface area contributed by atoms with Crippen LogP contribution in [0.4, 0.5) is 15.8 Å². The van der Waals surface area contributed by atoms with Gasteiger partial charge < -0.3 is 14.4 Å². The molecule has 1 aliphatic heterocycles. The van der Waals surface area contributed by atoms with Gasteiger partial charge in [0.1, 0.15) is 5.15 Å². The van der Waals surface area contributed by atoms with E-state index in [0.717, 1.165) is 47.4 Å². The van der Waals surface area contributed by atoms with E-state index in [0.29, 0.717) is 37.3 Å². The number of hydrogen-bond donors (Lipinski definition) is 0. The summed E-state index contributed by atoms with van der Waals surface area (Å²) >= 11 is 6.09. The molecule has 0 bridgehead atoms. The topological polar surface area (TPSA) is 54.3 Å². The standard InChI is InChI=1S/C22H23ClFN5O/c23-21-6-5-18-17(26-21)11-16(27(18)10-2-1-8-24)13-29-20-12-25-9-7-19(20)28(14-22(29)30)15-3-4-15/h5-7,9,11-12,15H,1-4,8,10,13-14H2. The molecule has 0 N–H and O–H groups in total. The molecule has 5 rings (SSSR count). The van der Waals surface area contributed by atoms with Crippen molar-refractivity contribution in [1.82, 2.24) is 14.5 Å². The third kappa shape index (κ3) is 3.51. The van der Waals surface area contributed by atoms with Gasteiger partial charge in [-0.25, -0.2) is 4.98 Å². The summed E-state index contributed by atoms with van der Waals surface area (Å²) in [5.41, 5.74) is 4.60. The zero-order chi connectivity index (χ0) is 20.7. The first-order chi connectivity index (χ1) is 14.7. The Morgan fingerprint density at radius 1 is 1.17 bits per heavy atom. The molecule has 4 heterocycles. The monoisotopic (exact) mass is 427 g/mol. The molecule has 1 fully saturated rings. The van der Waals surface area contributed by atoms with Crippen molar-refractivity contribution >= 4 is 39.9 Å². The first-order valence-corrected chi connectivity index (χ1v) is 10.7. The van der Waals surface area contributed by atoms with Crippen LogP contribution >= 0.6 is 11.6 Å². The minimum atomic E-state index is -0.334. The Balaban J connectivity index is 1.52. The van der Waals surface area contributed by atoms with E-state index < -0.39 is 0 Å². The molecule has 0 spiro atoms. The van der Waals surface area contributed by atoms with E-state index in [9.17, 15) is 9.18 Å². The van der Waals surface area contributed by atoms with Crippen molar-refractivity contribution in [2.24, 2.45) is 0 Å². The molecule has 156 valence electrons. The van der Waals surface area contributed by atoms with Gasteiger partial charge in [0.2, 0.25) is 5.91 Å². The highest BCUT2D eigenvalue weighted by Crippen LogP contribution is 2.40. The maximum atomic E-state index is 13.1. The van der Waals surface area contributed by atoms with Crippen LogP contribution in [-0.4, -0.2) is 39.7 Å². The molecule has 1 aliphatic carbocycles. The van der Waals surface area contributed by atoms with Crippen molar-refractivity contribution in [2.45, 2.75) is 44.8 Å². The largest absolute Gasteiger partial charge is 0.357 e. The van der Waals surface area contributed by atoms with Gasteiger partial charge in [0.15, 0.2) is 0 Å². The number of rotatable bonds is 7. The van der Waals surface area contributed by atoms with Gasteiger partial charge in [-0.15, -0.1) is 0 Å². The maximum absolute atomic E-state index is 13.1. The highest BCUT2D eigenvalue weighted by atomic mass is 35.5. The number of halogens is 2. The van der Waals surface area contributed by atoms with Crippen molar-refractivity contribution < 1.29 is 9.18 Å². The summed E-state index contributed by atoms with van der Waals surface area (Å²) in [5, 5.41) is 0.429. The average molecular weight is 428 g/mol.